The molecule has 2 aromatic carbocycles. The molecule has 2 atom stereocenters. The van der Waals surface area contributed by atoms with Gasteiger partial charge in [-0.1, -0.05) is 79.6 Å². The first-order chi connectivity index (χ1) is 10.8. The van der Waals surface area contributed by atoms with Crippen LogP contribution in [0.3, 0.4) is 0 Å². The second-order valence-electron chi connectivity index (χ2n) is 6.14. The lowest BCUT2D eigenvalue weighted by molar-refractivity contribution is 0.0821. The zero-order valence-electron chi connectivity index (χ0n) is 12.9. The van der Waals surface area contributed by atoms with Gasteiger partial charge in [0.2, 0.25) is 0 Å². The van der Waals surface area contributed by atoms with E-state index in [4.69, 9.17) is 0 Å². The molecule has 0 aromatic heterocycles. The fraction of sp³-hybridized carbons (Fsp3) is 0.286. The molecule has 1 aliphatic carbocycles. The molecule has 0 amide bonds. The fourth-order valence-electron chi connectivity index (χ4n) is 3.82. The van der Waals surface area contributed by atoms with Gasteiger partial charge in [0.25, 0.3) is 0 Å². The molecule has 0 unspecified atom stereocenters. The molecule has 2 aromatic rings. The van der Waals surface area contributed by atoms with Crippen molar-refractivity contribution in [3.8, 4) is 0 Å². The maximum Gasteiger partial charge on any atom is 0.167 e. The molecule has 0 saturated heterocycles. The number of benzene rings is 2. The highest BCUT2D eigenvalue weighted by Gasteiger charge is 2.43. The van der Waals surface area contributed by atoms with Gasteiger partial charge in [0.15, 0.2) is 5.78 Å². The molecule has 1 aliphatic rings. The third-order valence-electron chi connectivity index (χ3n) is 5.01. The van der Waals surface area contributed by atoms with E-state index in [1.807, 2.05) is 42.5 Å². The van der Waals surface area contributed by atoms with Crippen LogP contribution in [0.2, 0.25) is 0 Å². The van der Waals surface area contributed by atoms with Crippen LogP contribution in [0.5, 0.6) is 0 Å². The standard InChI is InChI=1S/C21H22O/c1-2-21(18-13-7-4-8-14-18)16-10-9-15-19(21)20(22)17-11-5-3-6-12-17/h2-8,11-14,19H,1,9-10,15-16H2/t19-,21-/m1/s1. The molecule has 0 spiro atoms. The number of carbonyl (C=O) groups is 1. The lowest BCUT2D eigenvalue weighted by Gasteiger charge is -2.42. The van der Waals surface area contributed by atoms with Crippen LogP contribution in [-0.4, -0.2) is 5.78 Å². The Morgan fingerprint density at radius 1 is 1.00 bits per heavy atom. The predicted octanol–water partition coefficient (Wildman–Crippen LogP) is 5.18. The van der Waals surface area contributed by atoms with E-state index in [-0.39, 0.29) is 17.1 Å². The van der Waals surface area contributed by atoms with Crippen molar-refractivity contribution in [2.45, 2.75) is 31.1 Å². The van der Waals surface area contributed by atoms with Crippen molar-refractivity contribution in [1.29, 1.82) is 0 Å². The van der Waals surface area contributed by atoms with Gasteiger partial charge >= 0.3 is 0 Å². The molecule has 1 nitrogen and oxygen atoms in total. The summed E-state index contributed by atoms with van der Waals surface area (Å²) < 4.78 is 0. The first-order valence-corrected chi connectivity index (χ1v) is 8.06. The molecule has 0 radical (unpaired) electrons. The Hall–Kier alpha value is -2.15. The maximum absolute atomic E-state index is 13.1. The molecule has 0 aliphatic heterocycles. The molecule has 1 fully saturated rings. The average Bonchev–Trinajstić information content (AvgIpc) is 2.62. The molecular formula is C21H22O. The van der Waals surface area contributed by atoms with Crippen molar-refractivity contribution in [2.75, 3.05) is 0 Å². The van der Waals surface area contributed by atoms with E-state index < -0.39 is 0 Å². The number of hydrogen-bond acceptors (Lipinski definition) is 1. The van der Waals surface area contributed by atoms with E-state index in [1.54, 1.807) is 0 Å². The van der Waals surface area contributed by atoms with Gasteiger partial charge in [-0.3, -0.25) is 4.79 Å². The quantitative estimate of drug-likeness (QED) is 0.560. The van der Waals surface area contributed by atoms with Crippen molar-refractivity contribution < 1.29 is 4.79 Å². The second kappa shape index (κ2) is 6.31. The summed E-state index contributed by atoms with van der Waals surface area (Å²) in [6.45, 7) is 4.11. The molecule has 1 saturated carbocycles. The summed E-state index contributed by atoms with van der Waals surface area (Å²) in [5, 5.41) is 0. The smallest absolute Gasteiger partial charge is 0.167 e. The Labute approximate surface area is 132 Å². The summed E-state index contributed by atoms with van der Waals surface area (Å²) in [4.78, 5) is 13.1. The summed E-state index contributed by atoms with van der Waals surface area (Å²) in [6, 6.07) is 20.1. The van der Waals surface area contributed by atoms with Crippen LogP contribution in [-0.2, 0) is 5.41 Å². The van der Waals surface area contributed by atoms with Gasteiger partial charge in [0.1, 0.15) is 0 Å². The number of ketones is 1. The van der Waals surface area contributed by atoms with Crippen LogP contribution < -0.4 is 0 Å². The Bertz CT molecular complexity index is 644. The first kappa shape index (κ1) is 14.8. The summed E-state index contributed by atoms with van der Waals surface area (Å²) in [6.07, 6.45) is 6.23. The van der Waals surface area contributed by atoms with Crippen molar-refractivity contribution in [3.63, 3.8) is 0 Å². The molecule has 0 bridgehead atoms. The minimum Gasteiger partial charge on any atom is -0.294 e. The van der Waals surface area contributed by atoms with Crippen LogP contribution in [0.15, 0.2) is 73.3 Å². The average molecular weight is 290 g/mol. The third kappa shape index (κ3) is 2.52. The first-order valence-electron chi connectivity index (χ1n) is 8.06. The van der Waals surface area contributed by atoms with Gasteiger partial charge in [-0.05, 0) is 18.4 Å². The maximum atomic E-state index is 13.1. The highest BCUT2D eigenvalue weighted by atomic mass is 16.1. The number of hydrogen-bond donors (Lipinski definition) is 0. The van der Waals surface area contributed by atoms with Crippen molar-refractivity contribution in [1.82, 2.24) is 0 Å². The van der Waals surface area contributed by atoms with Crippen molar-refractivity contribution in [3.05, 3.63) is 84.4 Å². The highest BCUT2D eigenvalue weighted by Crippen LogP contribution is 2.46. The Balaban J connectivity index is 2.04. The Kier molecular flexibility index (Phi) is 4.24. The van der Waals surface area contributed by atoms with Crippen LogP contribution in [0, 0.1) is 5.92 Å². The molecule has 3 rings (SSSR count). The fourth-order valence-corrected chi connectivity index (χ4v) is 3.82. The van der Waals surface area contributed by atoms with E-state index in [0.717, 1.165) is 31.2 Å². The zero-order valence-corrected chi connectivity index (χ0v) is 12.9. The molecular weight excluding hydrogens is 268 g/mol. The molecule has 0 N–H and O–H groups in total. The Morgan fingerprint density at radius 3 is 2.27 bits per heavy atom. The minimum absolute atomic E-state index is 0.0106. The zero-order chi connectivity index (χ0) is 15.4. The predicted molar refractivity (Wildman–Crippen MR) is 91.0 cm³/mol. The van der Waals surface area contributed by atoms with Crippen LogP contribution >= 0.6 is 0 Å². The number of Topliss-reactive ketones (excluding diaryl/α,β-unsaturated/α-hetero) is 1. The SMILES string of the molecule is C=C[C@]1(c2ccccc2)CCCC[C@@H]1C(=O)c1ccccc1. The molecule has 1 heteroatoms. The number of rotatable bonds is 4. The minimum atomic E-state index is -0.230. The molecule has 0 heterocycles. The summed E-state index contributed by atoms with van der Waals surface area (Å²) in [5.41, 5.74) is 1.81. The lowest BCUT2D eigenvalue weighted by atomic mass is 9.60. The van der Waals surface area contributed by atoms with E-state index in [0.29, 0.717) is 0 Å². The van der Waals surface area contributed by atoms with E-state index in [1.165, 1.54) is 5.56 Å². The summed E-state index contributed by atoms with van der Waals surface area (Å²) in [5.74, 6) is 0.243. The van der Waals surface area contributed by atoms with Crippen LogP contribution in [0.25, 0.3) is 0 Å². The largest absolute Gasteiger partial charge is 0.294 e. The summed E-state index contributed by atoms with van der Waals surface area (Å²) in [7, 11) is 0. The van der Waals surface area contributed by atoms with Crippen LogP contribution in [0.1, 0.15) is 41.6 Å². The lowest BCUT2D eigenvalue weighted by Crippen LogP contribution is -2.41. The van der Waals surface area contributed by atoms with Gasteiger partial charge in [0, 0.05) is 16.9 Å². The topological polar surface area (TPSA) is 17.1 Å². The summed E-state index contributed by atoms with van der Waals surface area (Å²) >= 11 is 0. The van der Waals surface area contributed by atoms with Gasteiger partial charge < -0.3 is 0 Å². The number of allylic oxidation sites excluding steroid dienone is 1. The van der Waals surface area contributed by atoms with Crippen LogP contribution in [0.4, 0.5) is 0 Å². The van der Waals surface area contributed by atoms with Gasteiger partial charge in [-0.15, -0.1) is 6.58 Å². The van der Waals surface area contributed by atoms with Gasteiger partial charge in [-0.2, -0.15) is 0 Å². The normalized spacial score (nSPS) is 24.6. The number of carbonyl (C=O) groups excluding carboxylic acids is 1. The van der Waals surface area contributed by atoms with Gasteiger partial charge in [0.05, 0.1) is 0 Å². The van der Waals surface area contributed by atoms with E-state index in [2.05, 4.69) is 30.8 Å². The molecule has 22 heavy (non-hydrogen) atoms. The van der Waals surface area contributed by atoms with E-state index >= 15 is 0 Å². The van der Waals surface area contributed by atoms with Crippen molar-refractivity contribution in [2.24, 2.45) is 5.92 Å². The third-order valence-corrected chi connectivity index (χ3v) is 5.01. The molecule has 112 valence electrons. The highest BCUT2D eigenvalue weighted by molar-refractivity contribution is 5.99. The monoisotopic (exact) mass is 290 g/mol. The van der Waals surface area contributed by atoms with Gasteiger partial charge in [-0.25, -0.2) is 0 Å². The van der Waals surface area contributed by atoms with E-state index in [9.17, 15) is 4.79 Å². The Morgan fingerprint density at radius 2 is 1.64 bits per heavy atom. The van der Waals surface area contributed by atoms with Crippen molar-refractivity contribution >= 4 is 5.78 Å². The second-order valence-corrected chi connectivity index (χ2v) is 6.14.